The van der Waals surface area contributed by atoms with Crippen molar-refractivity contribution in [2.75, 3.05) is 32.2 Å². The Hall–Kier alpha value is -4.94. The van der Waals surface area contributed by atoms with E-state index >= 15 is 4.79 Å². The lowest BCUT2D eigenvalue weighted by Crippen LogP contribution is -2.70. The van der Waals surface area contributed by atoms with Crippen LogP contribution in [0.1, 0.15) is 139 Å². The Morgan fingerprint density at radius 3 is 2.25 bits per heavy atom. The Labute approximate surface area is 433 Å². The van der Waals surface area contributed by atoms with Gasteiger partial charge in [0.15, 0.2) is 0 Å². The van der Waals surface area contributed by atoms with Gasteiger partial charge < -0.3 is 34.2 Å². The molecule has 1 fully saturated rings. The summed E-state index contributed by atoms with van der Waals surface area (Å²) in [6, 6.07) is 32.2. The van der Waals surface area contributed by atoms with E-state index in [0.29, 0.717) is 31.6 Å². The maximum Gasteiger partial charge on any atom is 0.239 e. The van der Waals surface area contributed by atoms with Gasteiger partial charge >= 0.3 is 0 Å². The molecular weight excluding hydrogens is 924 g/mol. The van der Waals surface area contributed by atoms with Gasteiger partial charge in [-0.25, -0.2) is 4.39 Å². The fourth-order valence-electron chi connectivity index (χ4n) is 11.2. The number of carbonyl (C=O) groups is 1. The van der Waals surface area contributed by atoms with E-state index in [1.165, 1.54) is 49.1 Å². The van der Waals surface area contributed by atoms with Crippen LogP contribution >= 0.6 is 11.8 Å². The van der Waals surface area contributed by atoms with Crippen LogP contribution in [-0.4, -0.2) is 70.7 Å². The normalized spacial score (nSPS) is 21.5. The zero-order valence-corrected chi connectivity index (χ0v) is 43.5. The smallest absolute Gasteiger partial charge is 0.239 e. The molecule has 4 aromatic carbocycles. The number of unbranched alkanes of at least 4 members (excludes halogenated alkanes) is 10. The first-order valence-corrected chi connectivity index (χ1v) is 28.0. The number of hydrogen-bond donors (Lipinski definition) is 2. The molecule has 1 heterocycles. The summed E-state index contributed by atoms with van der Waals surface area (Å²) in [6.07, 6.45) is 19.6. The van der Waals surface area contributed by atoms with E-state index in [-0.39, 0.29) is 68.9 Å². The number of halogens is 1. The summed E-state index contributed by atoms with van der Waals surface area (Å²) >= 11 is 1.75. The van der Waals surface area contributed by atoms with Crippen LogP contribution in [-0.2, 0) is 27.5 Å². The molecule has 4 aromatic rings. The number of allylic oxidation sites excluding steroid dienone is 1. The van der Waals surface area contributed by atoms with Gasteiger partial charge in [-0.2, -0.15) is 0 Å². The number of carbonyl (C=O) groups excluding carboxylic acids is 1. The number of nitrogens with zero attached hydrogens (tertiary/aromatic N) is 2. The van der Waals surface area contributed by atoms with Gasteiger partial charge in [-0.05, 0) is 103 Å². The van der Waals surface area contributed by atoms with Crippen LogP contribution < -0.4 is 9.47 Å². The molecule has 0 saturated heterocycles. The number of benzene rings is 4. The maximum absolute atomic E-state index is 15.3. The van der Waals surface area contributed by atoms with Crippen LogP contribution in [0.25, 0.3) is 0 Å². The Morgan fingerprint density at radius 2 is 1.54 bits per heavy atom. The average Bonchev–Trinajstić information content (AvgIpc) is 3.40. The number of fused-ring (bicyclic) bond motifs is 2. The van der Waals surface area contributed by atoms with Gasteiger partial charge in [0.05, 0.1) is 24.8 Å². The quantitative estimate of drug-likeness (QED) is 0.0215. The third-order valence-electron chi connectivity index (χ3n) is 14.7. The molecule has 0 radical (unpaired) electrons. The van der Waals surface area contributed by atoms with Gasteiger partial charge in [0.1, 0.15) is 30.0 Å². The minimum atomic E-state index is -1.41. The van der Waals surface area contributed by atoms with Crippen LogP contribution in [0, 0.1) is 23.6 Å². The second-order valence-electron chi connectivity index (χ2n) is 19.8. The second-order valence-corrected chi connectivity index (χ2v) is 20.9. The van der Waals surface area contributed by atoms with Crippen molar-refractivity contribution in [3.05, 3.63) is 150 Å². The van der Waals surface area contributed by atoms with E-state index in [9.17, 15) is 14.6 Å². The number of oxime groups is 1. The molecule has 1 amide bonds. The van der Waals surface area contributed by atoms with Crippen molar-refractivity contribution in [3.8, 4) is 11.5 Å². The van der Waals surface area contributed by atoms with E-state index in [2.05, 4.69) is 37.8 Å². The van der Waals surface area contributed by atoms with E-state index < -0.39 is 17.7 Å². The number of rotatable bonds is 32. The zero-order valence-electron chi connectivity index (χ0n) is 42.7. The lowest BCUT2D eigenvalue weighted by Gasteiger charge is -2.60. The molecule has 388 valence electrons. The van der Waals surface area contributed by atoms with E-state index in [4.69, 9.17) is 24.2 Å². The van der Waals surface area contributed by atoms with Crippen LogP contribution in [0.5, 0.6) is 11.5 Å². The van der Waals surface area contributed by atoms with Gasteiger partial charge in [-0.3, -0.25) is 4.79 Å². The predicted molar refractivity (Wildman–Crippen MR) is 288 cm³/mol. The highest BCUT2D eigenvalue weighted by Gasteiger charge is 2.65. The monoisotopic (exact) mass is 1000 g/mol. The van der Waals surface area contributed by atoms with Crippen molar-refractivity contribution in [1.29, 1.82) is 0 Å². The molecule has 0 bridgehead atoms. The first-order valence-electron chi connectivity index (χ1n) is 27.0. The summed E-state index contributed by atoms with van der Waals surface area (Å²) in [5, 5.41) is 25.2. The van der Waals surface area contributed by atoms with Gasteiger partial charge in [0.25, 0.3) is 0 Å². The van der Waals surface area contributed by atoms with E-state index in [1.54, 1.807) is 30.0 Å². The molecule has 7 rings (SSSR count). The van der Waals surface area contributed by atoms with Gasteiger partial charge in [0, 0.05) is 54.7 Å². The summed E-state index contributed by atoms with van der Waals surface area (Å²) in [7, 11) is 0. The first kappa shape index (κ1) is 54.8. The van der Waals surface area contributed by atoms with Crippen molar-refractivity contribution >= 4 is 23.4 Å². The summed E-state index contributed by atoms with van der Waals surface area (Å²) in [4.78, 5) is 24.7. The number of hydrogen-bond acceptors (Lipinski definition) is 9. The molecule has 9 nitrogen and oxygen atoms in total. The molecule has 6 unspecified atom stereocenters. The van der Waals surface area contributed by atoms with Crippen molar-refractivity contribution in [1.82, 2.24) is 4.90 Å². The van der Waals surface area contributed by atoms with Crippen molar-refractivity contribution < 1.29 is 38.4 Å². The Morgan fingerprint density at radius 1 is 0.847 bits per heavy atom. The van der Waals surface area contributed by atoms with Crippen LogP contribution in [0.2, 0.25) is 0 Å². The third kappa shape index (κ3) is 14.9. The Balaban J connectivity index is 1.34. The molecule has 1 aliphatic heterocycles. The SMILES string of the molecule is C=CCOC12Oc3ccc(OCCSc4ccccc4)cc3C3C(CCCCO)C(CCCCO)C=C(C(=NOCc4ccccc4)CC1N(Cc1ccc(F)cc1)C(=O)CCCCCCCCCCC)C32. The highest BCUT2D eigenvalue weighted by molar-refractivity contribution is 7.99. The van der Waals surface area contributed by atoms with Gasteiger partial charge in [-0.15, -0.1) is 18.3 Å². The summed E-state index contributed by atoms with van der Waals surface area (Å²) in [5.74, 6) is -0.0930. The van der Waals surface area contributed by atoms with E-state index in [0.717, 1.165) is 90.8 Å². The van der Waals surface area contributed by atoms with Gasteiger partial charge in [0.2, 0.25) is 11.7 Å². The molecule has 0 aromatic heterocycles. The summed E-state index contributed by atoms with van der Waals surface area (Å²) in [5.41, 5.74) is 4.50. The lowest BCUT2D eigenvalue weighted by atomic mass is 9.55. The molecule has 1 saturated carbocycles. The first-order chi connectivity index (χ1) is 35.4. The van der Waals surface area contributed by atoms with Gasteiger partial charge in [-0.1, -0.05) is 149 Å². The third-order valence-corrected chi connectivity index (χ3v) is 15.7. The minimum Gasteiger partial charge on any atom is -0.493 e. The molecule has 0 spiro atoms. The topological polar surface area (TPSA) is 110 Å². The van der Waals surface area contributed by atoms with Crippen molar-refractivity contribution in [3.63, 3.8) is 0 Å². The largest absolute Gasteiger partial charge is 0.493 e. The number of ether oxygens (including phenoxy) is 3. The summed E-state index contributed by atoms with van der Waals surface area (Å²) < 4.78 is 35.9. The molecule has 2 N–H and O–H groups in total. The fraction of sp³-hybridized carbons (Fsp3) is 0.508. The molecular formula is C61H79FN2O7S. The zero-order chi connectivity index (χ0) is 50.4. The molecule has 3 aliphatic rings. The van der Waals surface area contributed by atoms with Crippen molar-refractivity contribution in [2.24, 2.45) is 22.9 Å². The number of aliphatic hydroxyl groups is 2. The molecule has 2 aliphatic carbocycles. The molecule has 6 atom stereocenters. The highest BCUT2D eigenvalue weighted by Crippen LogP contribution is 2.62. The van der Waals surface area contributed by atoms with Crippen LogP contribution in [0.4, 0.5) is 4.39 Å². The Kier molecular flexibility index (Phi) is 22.1. The average molecular weight is 1000 g/mol. The Bertz CT molecular complexity index is 2310. The second kappa shape index (κ2) is 29.1. The number of amides is 1. The highest BCUT2D eigenvalue weighted by atomic mass is 32.2. The minimum absolute atomic E-state index is 0.0221. The standard InChI is InChI=1S/C61H79FN2O7S/c1-3-5-6-7-8-9-10-11-18-29-58(67)64(44-46-30-32-49(62)33-31-46)57-43-55(63-70-45-47-23-14-12-15-24-47)53-41-48(25-19-21-36-65)52(28-20-22-37-66)59-54-42-50(68-39-40-72-51-26-16-13-17-27-51)34-35-56(54)71-61(57,60(53)59)69-38-4-2/h4,12-17,23-24,26-27,30-35,41-42,48,52,57,59-60,65-66H,2-3,5-11,18-22,25,28-29,36-40,43-45H2,1H3. The van der Waals surface area contributed by atoms with Crippen molar-refractivity contribution in [2.45, 2.75) is 152 Å². The lowest BCUT2D eigenvalue weighted by molar-refractivity contribution is -0.258. The van der Waals surface area contributed by atoms with Crippen LogP contribution in [0.3, 0.4) is 0 Å². The van der Waals surface area contributed by atoms with E-state index in [1.807, 2.05) is 65.6 Å². The summed E-state index contributed by atoms with van der Waals surface area (Å²) in [6.45, 7) is 7.70. The fourth-order valence-corrected chi connectivity index (χ4v) is 12.0. The van der Waals surface area contributed by atoms with Crippen LogP contribution in [0.15, 0.2) is 137 Å². The maximum atomic E-state index is 15.3. The molecule has 72 heavy (non-hydrogen) atoms. The predicted octanol–water partition coefficient (Wildman–Crippen LogP) is 13.8. The molecule has 11 heteroatoms. The number of thioether (sulfide) groups is 1. The number of aliphatic hydroxyl groups excluding tert-OH is 2.